The Hall–Kier alpha value is -1.26. The molecule has 0 amide bonds. The van der Waals surface area contributed by atoms with Gasteiger partial charge in [-0.25, -0.2) is 0 Å². The molecule has 1 aromatic rings. The number of ether oxygens (including phenoxy) is 2. The van der Waals surface area contributed by atoms with E-state index in [0.29, 0.717) is 12.5 Å². The molecule has 0 spiro atoms. The zero-order valence-electron chi connectivity index (χ0n) is 13.3. The van der Waals surface area contributed by atoms with E-state index in [0.717, 1.165) is 30.0 Å². The first-order valence-electron chi connectivity index (χ1n) is 7.15. The minimum atomic E-state index is 0.162. The maximum Gasteiger partial charge on any atom is 0.127 e. The van der Waals surface area contributed by atoms with Crippen LogP contribution in [0, 0.1) is 5.92 Å². The highest BCUT2D eigenvalue weighted by Gasteiger charge is 2.20. The number of methoxy groups -OCH3 is 2. The molecule has 0 saturated carbocycles. The molecule has 1 atom stereocenters. The van der Waals surface area contributed by atoms with Crippen molar-refractivity contribution in [3.63, 3.8) is 0 Å². The van der Waals surface area contributed by atoms with Gasteiger partial charge in [0.25, 0.3) is 0 Å². The fourth-order valence-electron chi connectivity index (χ4n) is 2.26. The lowest BCUT2D eigenvalue weighted by Crippen LogP contribution is -2.32. The van der Waals surface area contributed by atoms with Crippen LogP contribution >= 0.6 is 0 Å². The first-order valence-corrected chi connectivity index (χ1v) is 7.15. The van der Waals surface area contributed by atoms with Gasteiger partial charge in [-0.1, -0.05) is 19.9 Å². The summed E-state index contributed by atoms with van der Waals surface area (Å²) in [5.74, 6) is 2.32. The standard InChI is InChI=1S/C16H28N2O2/c1-12(2)8-9-18(3)15(11-17)14-7-6-13(19-4)10-16(14)20-5/h6-7,10,12,15H,8-9,11,17H2,1-5H3. The topological polar surface area (TPSA) is 47.7 Å². The van der Waals surface area contributed by atoms with Gasteiger partial charge in [-0.15, -0.1) is 0 Å². The number of rotatable bonds is 8. The molecule has 20 heavy (non-hydrogen) atoms. The van der Waals surface area contributed by atoms with E-state index < -0.39 is 0 Å². The molecule has 1 unspecified atom stereocenters. The number of nitrogens with two attached hydrogens (primary N) is 1. The highest BCUT2D eigenvalue weighted by Crippen LogP contribution is 2.31. The number of benzene rings is 1. The van der Waals surface area contributed by atoms with Crippen molar-refractivity contribution in [1.29, 1.82) is 0 Å². The summed E-state index contributed by atoms with van der Waals surface area (Å²) in [6, 6.07) is 6.07. The van der Waals surface area contributed by atoms with Crippen LogP contribution in [0.25, 0.3) is 0 Å². The molecule has 0 aliphatic rings. The van der Waals surface area contributed by atoms with Gasteiger partial charge in [0.2, 0.25) is 0 Å². The predicted octanol–water partition coefficient (Wildman–Crippen LogP) is 2.68. The maximum absolute atomic E-state index is 5.98. The summed E-state index contributed by atoms with van der Waals surface area (Å²) in [7, 11) is 5.45. The van der Waals surface area contributed by atoms with Crippen LogP contribution in [0.3, 0.4) is 0 Å². The Kier molecular flexibility index (Phi) is 6.82. The lowest BCUT2D eigenvalue weighted by atomic mass is 10.0. The third kappa shape index (κ3) is 4.39. The lowest BCUT2D eigenvalue weighted by Gasteiger charge is -2.29. The Morgan fingerprint density at radius 1 is 1.20 bits per heavy atom. The van der Waals surface area contributed by atoms with E-state index in [4.69, 9.17) is 15.2 Å². The third-order valence-electron chi connectivity index (χ3n) is 3.61. The van der Waals surface area contributed by atoms with E-state index in [1.165, 1.54) is 0 Å². The molecular formula is C16H28N2O2. The van der Waals surface area contributed by atoms with Gasteiger partial charge < -0.3 is 15.2 Å². The summed E-state index contributed by atoms with van der Waals surface area (Å²) in [5, 5.41) is 0. The highest BCUT2D eigenvalue weighted by molar-refractivity contribution is 5.42. The minimum absolute atomic E-state index is 0.162. The Labute approximate surface area is 122 Å². The molecule has 0 saturated heterocycles. The first-order chi connectivity index (χ1) is 9.53. The van der Waals surface area contributed by atoms with Crippen LogP contribution in [0.4, 0.5) is 0 Å². The molecular weight excluding hydrogens is 252 g/mol. The van der Waals surface area contributed by atoms with E-state index >= 15 is 0 Å². The van der Waals surface area contributed by atoms with Gasteiger partial charge >= 0.3 is 0 Å². The van der Waals surface area contributed by atoms with E-state index in [1.54, 1.807) is 14.2 Å². The second kappa shape index (κ2) is 8.12. The fourth-order valence-corrected chi connectivity index (χ4v) is 2.26. The summed E-state index contributed by atoms with van der Waals surface area (Å²) in [6.45, 7) is 6.06. The van der Waals surface area contributed by atoms with Crippen LogP contribution in [-0.2, 0) is 0 Å². The van der Waals surface area contributed by atoms with Crippen molar-refractivity contribution >= 4 is 0 Å². The van der Waals surface area contributed by atoms with Gasteiger partial charge in [-0.3, -0.25) is 4.90 Å². The SMILES string of the molecule is COc1ccc(C(CN)N(C)CCC(C)C)c(OC)c1. The summed E-state index contributed by atoms with van der Waals surface area (Å²) in [5.41, 5.74) is 7.09. The first kappa shape index (κ1) is 16.8. The summed E-state index contributed by atoms with van der Waals surface area (Å²) >= 11 is 0. The second-order valence-corrected chi connectivity index (χ2v) is 5.52. The van der Waals surface area contributed by atoms with Crippen LogP contribution in [0.5, 0.6) is 11.5 Å². The Morgan fingerprint density at radius 2 is 1.90 bits per heavy atom. The van der Waals surface area contributed by atoms with E-state index in [-0.39, 0.29) is 6.04 Å². The number of nitrogens with zero attached hydrogens (tertiary/aromatic N) is 1. The van der Waals surface area contributed by atoms with Gasteiger partial charge in [-0.05, 0) is 32.0 Å². The molecule has 4 nitrogen and oxygen atoms in total. The van der Waals surface area contributed by atoms with Gasteiger partial charge in [0.15, 0.2) is 0 Å². The highest BCUT2D eigenvalue weighted by atomic mass is 16.5. The number of likely N-dealkylation sites (N-methyl/N-ethyl adjacent to an activating group) is 1. The molecule has 0 fully saturated rings. The normalized spacial score (nSPS) is 12.8. The molecule has 1 aromatic carbocycles. The van der Waals surface area contributed by atoms with E-state index in [9.17, 15) is 0 Å². The van der Waals surface area contributed by atoms with Crippen molar-refractivity contribution in [2.24, 2.45) is 11.7 Å². The number of hydrogen-bond acceptors (Lipinski definition) is 4. The Morgan fingerprint density at radius 3 is 2.40 bits per heavy atom. The Bertz CT molecular complexity index is 407. The van der Waals surface area contributed by atoms with Crippen molar-refractivity contribution < 1.29 is 9.47 Å². The van der Waals surface area contributed by atoms with Gasteiger partial charge in [0.1, 0.15) is 11.5 Å². The van der Waals surface area contributed by atoms with Crippen molar-refractivity contribution in [1.82, 2.24) is 4.90 Å². The largest absolute Gasteiger partial charge is 0.497 e. The average molecular weight is 280 g/mol. The van der Waals surface area contributed by atoms with Crippen molar-refractivity contribution in [3.05, 3.63) is 23.8 Å². The third-order valence-corrected chi connectivity index (χ3v) is 3.61. The van der Waals surface area contributed by atoms with Crippen molar-refractivity contribution in [2.75, 3.05) is 34.4 Å². The summed E-state index contributed by atoms with van der Waals surface area (Å²) < 4.78 is 10.7. The molecule has 0 radical (unpaired) electrons. The fraction of sp³-hybridized carbons (Fsp3) is 0.625. The minimum Gasteiger partial charge on any atom is -0.497 e. The van der Waals surface area contributed by atoms with Crippen molar-refractivity contribution in [3.8, 4) is 11.5 Å². The molecule has 0 aliphatic carbocycles. The monoisotopic (exact) mass is 280 g/mol. The van der Waals surface area contributed by atoms with Gasteiger partial charge in [0, 0.05) is 18.2 Å². The smallest absolute Gasteiger partial charge is 0.127 e. The van der Waals surface area contributed by atoms with Crippen LogP contribution in [0.15, 0.2) is 18.2 Å². The van der Waals surface area contributed by atoms with Gasteiger partial charge in [-0.2, -0.15) is 0 Å². The van der Waals surface area contributed by atoms with Crippen LogP contribution in [0.1, 0.15) is 31.9 Å². The molecule has 1 rings (SSSR count). The maximum atomic E-state index is 5.98. The molecule has 2 N–H and O–H groups in total. The molecule has 4 heteroatoms. The predicted molar refractivity (Wildman–Crippen MR) is 83.4 cm³/mol. The summed E-state index contributed by atoms with van der Waals surface area (Å²) in [4.78, 5) is 2.30. The van der Waals surface area contributed by atoms with Crippen LogP contribution < -0.4 is 15.2 Å². The second-order valence-electron chi connectivity index (χ2n) is 5.52. The van der Waals surface area contributed by atoms with Crippen molar-refractivity contribution in [2.45, 2.75) is 26.3 Å². The lowest BCUT2D eigenvalue weighted by molar-refractivity contribution is 0.231. The van der Waals surface area contributed by atoms with E-state index in [2.05, 4.69) is 25.8 Å². The summed E-state index contributed by atoms with van der Waals surface area (Å²) in [6.07, 6.45) is 1.16. The molecule has 0 heterocycles. The Balaban J connectivity index is 2.93. The average Bonchev–Trinajstić information content (AvgIpc) is 2.46. The zero-order valence-corrected chi connectivity index (χ0v) is 13.3. The molecule has 114 valence electrons. The van der Waals surface area contributed by atoms with E-state index in [1.807, 2.05) is 18.2 Å². The van der Waals surface area contributed by atoms with Crippen LogP contribution in [-0.4, -0.2) is 39.3 Å². The molecule has 0 aromatic heterocycles. The number of hydrogen-bond donors (Lipinski definition) is 1. The van der Waals surface area contributed by atoms with Gasteiger partial charge in [0.05, 0.1) is 20.3 Å². The van der Waals surface area contributed by atoms with Crippen LogP contribution in [0.2, 0.25) is 0 Å². The molecule has 0 aliphatic heterocycles. The quantitative estimate of drug-likeness (QED) is 0.795. The molecule has 0 bridgehead atoms. The zero-order chi connectivity index (χ0) is 15.1.